The Bertz CT molecular complexity index is 136. The first-order valence-electron chi connectivity index (χ1n) is 5.78. The van der Waals surface area contributed by atoms with Crippen molar-refractivity contribution in [2.45, 2.75) is 0 Å². The minimum Gasteiger partial charge on any atom is -0.370 e. The molecule has 0 atom stereocenters. The van der Waals surface area contributed by atoms with Crippen molar-refractivity contribution in [1.29, 1.82) is 0 Å². The zero-order valence-electron chi connectivity index (χ0n) is 8.89. The van der Waals surface area contributed by atoms with E-state index >= 15 is 0 Å². The lowest BCUT2D eigenvalue weighted by atomic mass is 10.3. The molecule has 0 amide bonds. The number of hydrogen-bond donors (Lipinski definition) is 2. The predicted molar refractivity (Wildman–Crippen MR) is 52.8 cm³/mol. The minimum absolute atomic E-state index is 0.952. The van der Waals surface area contributed by atoms with Gasteiger partial charge in [-0.25, -0.2) is 0 Å². The Morgan fingerprint density at radius 1 is 0.643 bits per heavy atom. The number of quaternary nitrogens is 2. The molecule has 0 aliphatic carbocycles. The van der Waals surface area contributed by atoms with Gasteiger partial charge in [0.15, 0.2) is 0 Å². The summed E-state index contributed by atoms with van der Waals surface area (Å²) in [5.41, 5.74) is 0. The number of morpholine rings is 2. The molecule has 0 aromatic carbocycles. The molecule has 2 aliphatic rings. The fourth-order valence-electron chi connectivity index (χ4n) is 2.17. The molecule has 82 valence electrons. The lowest BCUT2D eigenvalue weighted by Gasteiger charge is -2.27. The molecule has 0 saturated carbocycles. The average Bonchev–Trinajstić information content (AvgIpc) is 2.29. The molecule has 2 heterocycles. The molecule has 0 bridgehead atoms. The predicted octanol–water partition coefficient (Wildman–Crippen LogP) is -3.18. The summed E-state index contributed by atoms with van der Waals surface area (Å²) in [6.07, 6.45) is 0. The van der Waals surface area contributed by atoms with Gasteiger partial charge in [0.05, 0.1) is 26.4 Å². The van der Waals surface area contributed by atoms with Crippen molar-refractivity contribution < 1.29 is 19.3 Å². The molecular weight excluding hydrogens is 180 g/mol. The Labute approximate surface area is 85.8 Å². The van der Waals surface area contributed by atoms with Crippen molar-refractivity contribution >= 4 is 0 Å². The van der Waals surface area contributed by atoms with Crippen LogP contribution in [0, 0.1) is 0 Å². The lowest BCUT2D eigenvalue weighted by Crippen LogP contribution is -3.22. The van der Waals surface area contributed by atoms with Crippen LogP contribution < -0.4 is 9.80 Å². The van der Waals surface area contributed by atoms with Crippen LogP contribution in [0.4, 0.5) is 0 Å². The van der Waals surface area contributed by atoms with E-state index in [0.717, 1.165) is 26.4 Å². The van der Waals surface area contributed by atoms with Crippen molar-refractivity contribution in [1.82, 2.24) is 0 Å². The van der Waals surface area contributed by atoms with Crippen LogP contribution in [0.25, 0.3) is 0 Å². The molecule has 2 rings (SSSR count). The molecule has 0 unspecified atom stereocenters. The van der Waals surface area contributed by atoms with Crippen molar-refractivity contribution in [3.63, 3.8) is 0 Å². The van der Waals surface area contributed by atoms with E-state index in [-0.39, 0.29) is 0 Å². The zero-order chi connectivity index (χ0) is 9.64. The third kappa shape index (κ3) is 3.20. The quantitative estimate of drug-likeness (QED) is 0.505. The Balaban J connectivity index is 1.60. The minimum atomic E-state index is 0.952. The molecule has 0 radical (unpaired) electrons. The van der Waals surface area contributed by atoms with Gasteiger partial charge in [-0.2, -0.15) is 0 Å². The van der Waals surface area contributed by atoms with Crippen LogP contribution in [0.5, 0.6) is 0 Å². The molecule has 2 N–H and O–H groups in total. The van der Waals surface area contributed by atoms with Gasteiger partial charge in [-0.15, -0.1) is 0 Å². The first-order valence-corrected chi connectivity index (χ1v) is 5.78. The smallest absolute Gasteiger partial charge is 0.127 e. The maximum atomic E-state index is 5.34. The molecule has 0 aromatic rings. The number of hydrogen-bond acceptors (Lipinski definition) is 2. The molecule has 4 nitrogen and oxygen atoms in total. The molecule has 4 heteroatoms. The molecule has 14 heavy (non-hydrogen) atoms. The van der Waals surface area contributed by atoms with E-state index in [1.165, 1.54) is 39.3 Å². The zero-order valence-corrected chi connectivity index (χ0v) is 8.89. The maximum absolute atomic E-state index is 5.34. The highest BCUT2D eigenvalue weighted by molar-refractivity contribution is 4.41. The molecule has 2 aliphatic heterocycles. The highest BCUT2D eigenvalue weighted by Gasteiger charge is 2.18. The molecule has 2 saturated heterocycles. The van der Waals surface area contributed by atoms with Crippen LogP contribution in [0.3, 0.4) is 0 Å². The summed E-state index contributed by atoms with van der Waals surface area (Å²) in [6, 6.07) is 0. The van der Waals surface area contributed by atoms with Gasteiger partial charge in [-0.3, -0.25) is 0 Å². The van der Waals surface area contributed by atoms with Crippen LogP contribution in [-0.4, -0.2) is 65.7 Å². The molecule has 0 spiro atoms. The summed E-state index contributed by atoms with van der Waals surface area (Å²) in [5.74, 6) is 0. The van der Waals surface area contributed by atoms with Crippen molar-refractivity contribution in [2.24, 2.45) is 0 Å². The Hall–Kier alpha value is -0.160. The van der Waals surface area contributed by atoms with Crippen LogP contribution in [0.15, 0.2) is 0 Å². The third-order valence-electron chi connectivity index (χ3n) is 3.23. The van der Waals surface area contributed by atoms with Crippen LogP contribution in [0.1, 0.15) is 0 Å². The second kappa shape index (κ2) is 5.66. The standard InChI is InChI=1S/C10H20N2O2/c1(11-3-7-13-8-4-11)2-12-5-9-14-10-6-12/h1-10H2/p+2. The van der Waals surface area contributed by atoms with E-state index in [1.54, 1.807) is 9.80 Å². The van der Waals surface area contributed by atoms with E-state index < -0.39 is 0 Å². The Morgan fingerprint density at radius 3 is 1.36 bits per heavy atom. The van der Waals surface area contributed by atoms with Gasteiger partial charge < -0.3 is 19.3 Å². The second-order valence-corrected chi connectivity index (χ2v) is 4.22. The first-order chi connectivity index (χ1) is 6.95. The highest BCUT2D eigenvalue weighted by Crippen LogP contribution is 1.75. The summed E-state index contributed by atoms with van der Waals surface area (Å²) < 4.78 is 10.7. The summed E-state index contributed by atoms with van der Waals surface area (Å²) >= 11 is 0. The third-order valence-corrected chi connectivity index (χ3v) is 3.23. The largest absolute Gasteiger partial charge is 0.370 e. The summed E-state index contributed by atoms with van der Waals surface area (Å²) in [4.78, 5) is 3.44. The Kier molecular flexibility index (Phi) is 4.19. The number of ether oxygens (including phenoxy) is 2. The SMILES string of the molecule is C1C[NH+](CC[NH+]2CCOCC2)CCO1. The molecule has 2 fully saturated rings. The highest BCUT2D eigenvalue weighted by atomic mass is 16.5. The van der Waals surface area contributed by atoms with Gasteiger partial charge in [-0.05, 0) is 0 Å². The fraction of sp³-hybridized carbons (Fsp3) is 1.00. The van der Waals surface area contributed by atoms with E-state index in [0.29, 0.717) is 0 Å². The Morgan fingerprint density at radius 2 is 1.00 bits per heavy atom. The van der Waals surface area contributed by atoms with Crippen molar-refractivity contribution in [3.05, 3.63) is 0 Å². The van der Waals surface area contributed by atoms with Gasteiger partial charge in [0, 0.05) is 0 Å². The second-order valence-electron chi connectivity index (χ2n) is 4.22. The number of rotatable bonds is 3. The maximum Gasteiger partial charge on any atom is 0.127 e. The summed E-state index contributed by atoms with van der Waals surface area (Å²) in [7, 11) is 0. The van der Waals surface area contributed by atoms with Crippen LogP contribution >= 0.6 is 0 Å². The van der Waals surface area contributed by atoms with Gasteiger partial charge in [0.25, 0.3) is 0 Å². The normalized spacial score (nSPS) is 26.6. The monoisotopic (exact) mass is 202 g/mol. The molecule has 0 aromatic heterocycles. The van der Waals surface area contributed by atoms with Gasteiger partial charge in [0.2, 0.25) is 0 Å². The number of nitrogens with one attached hydrogen (secondary N) is 2. The topological polar surface area (TPSA) is 27.3 Å². The van der Waals surface area contributed by atoms with Gasteiger partial charge in [0.1, 0.15) is 39.3 Å². The van der Waals surface area contributed by atoms with Crippen molar-refractivity contribution in [3.8, 4) is 0 Å². The van der Waals surface area contributed by atoms with Crippen molar-refractivity contribution in [2.75, 3.05) is 65.7 Å². The first kappa shape index (κ1) is 10.4. The van der Waals surface area contributed by atoms with E-state index in [1.807, 2.05) is 0 Å². The van der Waals surface area contributed by atoms with Crippen LogP contribution in [0.2, 0.25) is 0 Å². The van der Waals surface area contributed by atoms with E-state index in [9.17, 15) is 0 Å². The fourth-order valence-corrected chi connectivity index (χ4v) is 2.17. The van der Waals surface area contributed by atoms with Gasteiger partial charge >= 0.3 is 0 Å². The lowest BCUT2D eigenvalue weighted by molar-refractivity contribution is -0.964. The van der Waals surface area contributed by atoms with Crippen LogP contribution in [-0.2, 0) is 9.47 Å². The molecular formula is C10H22N2O2+2. The average molecular weight is 202 g/mol. The van der Waals surface area contributed by atoms with E-state index in [4.69, 9.17) is 9.47 Å². The summed E-state index contributed by atoms with van der Waals surface area (Å²) in [6.45, 7) is 11.2. The van der Waals surface area contributed by atoms with Gasteiger partial charge in [-0.1, -0.05) is 0 Å². The summed E-state index contributed by atoms with van der Waals surface area (Å²) in [5, 5.41) is 0. The van der Waals surface area contributed by atoms with E-state index in [2.05, 4.69) is 0 Å².